The van der Waals surface area contributed by atoms with E-state index in [1.54, 1.807) is 12.1 Å². The molecule has 0 saturated carbocycles. The van der Waals surface area contributed by atoms with Crippen molar-refractivity contribution in [1.29, 1.82) is 0 Å². The molecule has 1 rings (SSSR count). The quantitative estimate of drug-likeness (QED) is 0.565. The number of nitro benzene ring substituents is 1. The standard InChI is InChI=1S/C14H22N2O4/c1-4-14(5-2,10-17)9-15-12-8-11(20-3)6-7-13(12)16(18)19/h6-8,15,17H,4-5,9-10H2,1-3H3. The van der Waals surface area contributed by atoms with Gasteiger partial charge in [-0.2, -0.15) is 0 Å². The van der Waals surface area contributed by atoms with Crippen molar-refractivity contribution >= 4 is 11.4 Å². The van der Waals surface area contributed by atoms with Gasteiger partial charge in [0.15, 0.2) is 0 Å². The van der Waals surface area contributed by atoms with E-state index in [-0.39, 0.29) is 17.7 Å². The summed E-state index contributed by atoms with van der Waals surface area (Å²) >= 11 is 0. The van der Waals surface area contributed by atoms with Crippen LogP contribution in [0.15, 0.2) is 18.2 Å². The largest absolute Gasteiger partial charge is 0.497 e. The van der Waals surface area contributed by atoms with Gasteiger partial charge in [-0.15, -0.1) is 0 Å². The van der Waals surface area contributed by atoms with Gasteiger partial charge in [-0.05, 0) is 18.9 Å². The zero-order valence-electron chi connectivity index (χ0n) is 12.2. The van der Waals surface area contributed by atoms with Gasteiger partial charge < -0.3 is 15.2 Å². The highest BCUT2D eigenvalue weighted by Gasteiger charge is 2.26. The Bertz CT molecular complexity index is 450. The molecule has 0 fully saturated rings. The Morgan fingerprint density at radius 2 is 2.05 bits per heavy atom. The number of nitro groups is 1. The number of aliphatic hydroxyl groups excluding tert-OH is 1. The van der Waals surface area contributed by atoms with Crippen LogP contribution >= 0.6 is 0 Å². The first-order valence-corrected chi connectivity index (χ1v) is 6.69. The van der Waals surface area contributed by atoms with Crippen molar-refractivity contribution < 1.29 is 14.8 Å². The molecule has 112 valence electrons. The molecule has 0 atom stereocenters. The predicted molar refractivity (Wildman–Crippen MR) is 78.2 cm³/mol. The van der Waals surface area contributed by atoms with Crippen molar-refractivity contribution in [3.8, 4) is 5.75 Å². The van der Waals surface area contributed by atoms with Crippen LogP contribution in [-0.4, -0.2) is 30.3 Å². The summed E-state index contributed by atoms with van der Waals surface area (Å²) in [5, 5.41) is 23.6. The fourth-order valence-electron chi connectivity index (χ4n) is 2.01. The van der Waals surface area contributed by atoms with Gasteiger partial charge in [-0.3, -0.25) is 10.1 Å². The van der Waals surface area contributed by atoms with E-state index in [0.29, 0.717) is 18.0 Å². The molecule has 0 aliphatic heterocycles. The molecule has 6 heteroatoms. The van der Waals surface area contributed by atoms with Crippen LogP contribution in [0.3, 0.4) is 0 Å². The zero-order valence-corrected chi connectivity index (χ0v) is 12.2. The molecule has 0 aromatic heterocycles. The third-order valence-electron chi connectivity index (χ3n) is 3.89. The van der Waals surface area contributed by atoms with E-state index >= 15 is 0 Å². The highest BCUT2D eigenvalue weighted by molar-refractivity contribution is 5.64. The molecule has 0 saturated heterocycles. The smallest absolute Gasteiger partial charge is 0.292 e. The van der Waals surface area contributed by atoms with E-state index < -0.39 is 4.92 Å². The molecule has 20 heavy (non-hydrogen) atoms. The van der Waals surface area contributed by atoms with Gasteiger partial charge in [0.2, 0.25) is 0 Å². The lowest BCUT2D eigenvalue weighted by Crippen LogP contribution is -2.32. The van der Waals surface area contributed by atoms with Crippen molar-refractivity contribution in [3.63, 3.8) is 0 Å². The summed E-state index contributed by atoms with van der Waals surface area (Å²) in [5.74, 6) is 0.556. The summed E-state index contributed by atoms with van der Waals surface area (Å²) < 4.78 is 5.09. The number of hydrogen-bond acceptors (Lipinski definition) is 5. The van der Waals surface area contributed by atoms with Gasteiger partial charge in [0.1, 0.15) is 11.4 Å². The van der Waals surface area contributed by atoms with E-state index in [9.17, 15) is 15.2 Å². The summed E-state index contributed by atoms with van der Waals surface area (Å²) in [7, 11) is 1.51. The topological polar surface area (TPSA) is 84.6 Å². The van der Waals surface area contributed by atoms with Gasteiger partial charge in [-0.1, -0.05) is 13.8 Å². The Balaban J connectivity index is 2.98. The monoisotopic (exact) mass is 282 g/mol. The van der Waals surface area contributed by atoms with Crippen molar-refractivity contribution in [2.24, 2.45) is 5.41 Å². The van der Waals surface area contributed by atoms with Crippen LogP contribution in [0, 0.1) is 15.5 Å². The molecule has 0 radical (unpaired) electrons. The fourth-order valence-corrected chi connectivity index (χ4v) is 2.01. The summed E-state index contributed by atoms with van der Waals surface area (Å²) in [5.41, 5.74) is 0.149. The second-order valence-electron chi connectivity index (χ2n) is 4.86. The Labute approximate surface area is 118 Å². The van der Waals surface area contributed by atoms with Gasteiger partial charge >= 0.3 is 0 Å². The van der Waals surface area contributed by atoms with Crippen LogP contribution in [0.2, 0.25) is 0 Å². The van der Waals surface area contributed by atoms with Crippen molar-refractivity contribution in [2.75, 3.05) is 25.6 Å². The lowest BCUT2D eigenvalue weighted by Gasteiger charge is -2.29. The third-order valence-corrected chi connectivity index (χ3v) is 3.89. The van der Waals surface area contributed by atoms with Crippen LogP contribution < -0.4 is 10.1 Å². The Hall–Kier alpha value is -1.82. The minimum atomic E-state index is -0.430. The molecule has 0 unspecified atom stereocenters. The summed E-state index contributed by atoms with van der Waals surface area (Å²) in [6, 6.07) is 4.58. The number of ether oxygens (including phenoxy) is 1. The molecule has 1 aromatic rings. The first kappa shape index (κ1) is 16.2. The van der Waals surface area contributed by atoms with E-state index in [4.69, 9.17) is 4.74 Å². The first-order valence-electron chi connectivity index (χ1n) is 6.69. The van der Waals surface area contributed by atoms with Crippen molar-refractivity contribution in [1.82, 2.24) is 0 Å². The van der Waals surface area contributed by atoms with Gasteiger partial charge in [0.05, 0.1) is 18.6 Å². The predicted octanol–water partition coefficient (Wildman–Crippen LogP) is 2.81. The van der Waals surface area contributed by atoms with E-state index in [1.165, 1.54) is 13.2 Å². The number of rotatable bonds is 8. The maximum absolute atomic E-state index is 11.0. The fraction of sp³-hybridized carbons (Fsp3) is 0.571. The summed E-state index contributed by atoms with van der Waals surface area (Å²) in [6.45, 7) is 4.53. The van der Waals surface area contributed by atoms with E-state index in [2.05, 4.69) is 5.32 Å². The summed E-state index contributed by atoms with van der Waals surface area (Å²) in [6.07, 6.45) is 1.59. The van der Waals surface area contributed by atoms with Gasteiger partial charge in [-0.25, -0.2) is 0 Å². The molecule has 6 nitrogen and oxygen atoms in total. The van der Waals surface area contributed by atoms with Crippen LogP contribution in [0.25, 0.3) is 0 Å². The number of nitrogens with one attached hydrogen (secondary N) is 1. The Kier molecular flexibility index (Phi) is 5.76. The average Bonchev–Trinajstić information content (AvgIpc) is 2.48. The highest BCUT2D eigenvalue weighted by Crippen LogP contribution is 2.32. The molecule has 0 heterocycles. The van der Waals surface area contributed by atoms with Crippen LogP contribution in [0.5, 0.6) is 5.75 Å². The Morgan fingerprint density at radius 3 is 2.50 bits per heavy atom. The summed E-state index contributed by atoms with van der Waals surface area (Å²) in [4.78, 5) is 10.6. The lowest BCUT2D eigenvalue weighted by molar-refractivity contribution is -0.384. The van der Waals surface area contributed by atoms with Crippen molar-refractivity contribution in [3.05, 3.63) is 28.3 Å². The average molecular weight is 282 g/mol. The first-order chi connectivity index (χ1) is 9.51. The number of nitrogens with zero attached hydrogens (tertiary/aromatic N) is 1. The number of methoxy groups -OCH3 is 1. The highest BCUT2D eigenvalue weighted by atomic mass is 16.6. The molecule has 1 aromatic carbocycles. The molecule has 0 amide bonds. The van der Waals surface area contributed by atoms with Crippen molar-refractivity contribution in [2.45, 2.75) is 26.7 Å². The zero-order chi connectivity index (χ0) is 15.2. The number of benzene rings is 1. The maximum Gasteiger partial charge on any atom is 0.292 e. The SMILES string of the molecule is CCC(CC)(CO)CNc1cc(OC)ccc1[N+](=O)[O-]. The van der Waals surface area contributed by atoms with Crippen LogP contribution in [-0.2, 0) is 0 Å². The van der Waals surface area contributed by atoms with E-state index in [1.807, 2.05) is 13.8 Å². The molecule has 0 aliphatic carbocycles. The van der Waals surface area contributed by atoms with Crippen LogP contribution in [0.1, 0.15) is 26.7 Å². The van der Waals surface area contributed by atoms with Gasteiger partial charge in [0.25, 0.3) is 5.69 Å². The normalized spacial score (nSPS) is 11.2. The van der Waals surface area contributed by atoms with E-state index in [0.717, 1.165) is 12.8 Å². The number of aliphatic hydroxyl groups is 1. The molecule has 0 aliphatic rings. The molecule has 0 bridgehead atoms. The van der Waals surface area contributed by atoms with Crippen LogP contribution in [0.4, 0.5) is 11.4 Å². The third kappa shape index (κ3) is 3.60. The molecule has 2 N–H and O–H groups in total. The molecular formula is C14H22N2O4. The van der Waals surface area contributed by atoms with Gasteiger partial charge in [0, 0.05) is 24.1 Å². The lowest BCUT2D eigenvalue weighted by atomic mass is 9.83. The number of hydrogen-bond donors (Lipinski definition) is 2. The minimum absolute atomic E-state index is 0.00449. The maximum atomic E-state index is 11.0. The number of anilines is 1. The minimum Gasteiger partial charge on any atom is -0.497 e. The second kappa shape index (κ2) is 7.09. The molecule has 0 spiro atoms. The molecular weight excluding hydrogens is 260 g/mol. The second-order valence-corrected chi connectivity index (χ2v) is 4.86. The Morgan fingerprint density at radius 1 is 1.40 bits per heavy atom.